The summed E-state index contributed by atoms with van der Waals surface area (Å²) >= 11 is 0. The fourth-order valence-corrected chi connectivity index (χ4v) is 2.27. The minimum atomic E-state index is -0.789. The summed E-state index contributed by atoms with van der Waals surface area (Å²) in [5.41, 5.74) is -0.677. The Bertz CT molecular complexity index is 374. The molecule has 0 atom stereocenters. The number of ether oxygens (including phenoxy) is 1. The predicted molar refractivity (Wildman–Crippen MR) is 57.2 cm³/mol. The average Bonchev–Trinajstić information content (AvgIpc) is 2.50. The van der Waals surface area contributed by atoms with Gasteiger partial charge >= 0.3 is 5.97 Å². The van der Waals surface area contributed by atoms with Gasteiger partial charge in [0, 0.05) is 0 Å². The molecule has 1 aromatic rings. The van der Waals surface area contributed by atoms with Gasteiger partial charge in [-0.3, -0.25) is 4.79 Å². The van der Waals surface area contributed by atoms with Gasteiger partial charge in [-0.2, -0.15) is 0 Å². The zero-order chi connectivity index (χ0) is 11.8. The summed E-state index contributed by atoms with van der Waals surface area (Å²) in [5, 5.41) is 8.96. The van der Waals surface area contributed by atoms with Gasteiger partial charge in [0.25, 0.3) is 0 Å². The van der Waals surface area contributed by atoms with Crippen molar-refractivity contribution in [1.29, 1.82) is 0 Å². The van der Waals surface area contributed by atoms with E-state index in [9.17, 15) is 4.79 Å². The molecule has 1 N–H and O–H groups in total. The molecule has 1 fully saturated rings. The number of carbonyl (C=O) groups is 1. The number of rotatable bonds is 4. The molecule has 0 bridgehead atoms. The summed E-state index contributed by atoms with van der Waals surface area (Å²) in [6, 6.07) is 3.72. The maximum absolute atomic E-state index is 10.9. The Morgan fingerprint density at radius 3 is 2.62 bits per heavy atom. The van der Waals surface area contributed by atoms with Crippen LogP contribution < -0.4 is 0 Å². The van der Waals surface area contributed by atoms with Crippen LogP contribution in [0.15, 0.2) is 22.8 Å². The van der Waals surface area contributed by atoms with Crippen molar-refractivity contribution < 1.29 is 19.1 Å². The van der Waals surface area contributed by atoms with E-state index in [1.807, 2.05) is 26.0 Å². The van der Waals surface area contributed by atoms with Crippen molar-refractivity contribution in [3.8, 4) is 0 Å². The SMILES string of the molecule is CC(C)(CC(=O)O)C1(c2ccco2)COC1. The summed E-state index contributed by atoms with van der Waals surface area (Å²) < 4.78 is 10.7. The van der Waals surface area contributed by atoms with Gasteiger partial charge in [0.05, 0.1) is 31.3 Å². The molecule has 1 aliphatic rings. The van der Waals surface area contributed by atoms with Gasteiger partial charge < -0.3 is 14.3 Å². The Morgan fingerprint density at radius 1 is 1.56 bits per heavy atom. The number of carboxylic acid groups (broad SMARTS) is 1. The molecule has 0 aliphatic carbocycles. The minimum Gasteiger partial charge on any atom is -0.481 e. The van der Waals surface area contributed by atoms with Crippen LogP contribution >= 0.6 is 0 Å². The van der Waals surface area contributed by atoms with Crippen molar-refractivity contribution in [3.63, 3.8) is 0 Å². The van der Waals surface area contributed by atoms with Crippen LogP contribution in [0.3, 0.4) is 0 Å². The maximum Gasteiger partial charge on any atom is 0.303 e. The summed E-state index contributed by atoms with van der Waals surface area (Å²) in [6.45, 7) is 4.96. The molecule has 0 amide bonds. The maximum atomic E-state index is 10.9. The van der Waals surface area contributed by atoms with E-state index in [1.165, 1.54) is 0 Å². The molecule has 1 aromatic heterocycles. The molecule has 1 aliphatic heterocycles. The van der Waals surface area contributed by atoms with Crippen LogP contribution in [0.1, 0.15) is 26.0 Å². The molecule has 4 nitrogen and oxygen atoms in total. The molecule has 16 heavy (non-hydrogen) atoms. The van der Waals surface area contributed by atoms with Crippen LogP contribution in [0.25, 0.3) is 0 Å². The van der Waals surface area contributed by atoms with E-state index in [1.54, 1.807) is 6.26 Å². The van der Waals surface area contributed by atoms with Crippen LogP contribution in [0.2, 0.25) is 0 Å². The van der Waals surface area contributed by atoms with Gasteiger partial charge in [-0.15, -0.1) is 0 Å². The first-order chi connectivity index (χ1) is 7.48. The van der Waals surface area contributed by atoms with Crippen LogP contribution in [-0.2, 0) is 14.9 Å². The number of carboxylic acids is 1. The minimum absolute atomic E-state index is 0.108. The Labute approximate surface area is 94.2 Å². The third kappa shape index (κ3) is 1.53. The van der Waals surface area contributed by atoms with Gasteiger partial charge in [-0.05, 0) is 17.5 Å². The second-order valence-electron chi connectivity index (χ2n) is 5.01. The number of aliphatic carboxylic acids is 1. The van der Waals surface area contributed by atoms with Crippen molar-refractivity contribution >= 4 is 5.97 Å². The molecular formula is C12H16O4. The fraction of sp³-hybridized carbons (Fsp3) is 0.583. The Hall–Kier alpha value is -1.29. The molecule has 0 unspecified atom stereocenters. The van der Waals surface area contributed by atoms with Crippen LogP contribution in [0.4, 0.5) is 0 Å². The molecule has 0 saturated carbocycles. The number of furan rings is 1. The van der Waals surface area contributed by atoms with E-state index in [-0.39, 0.29) is 17.3 Å². The van der Waals surface area contributed by atoms with E-state index in [4.69, 9.17) is 14.3 Å². The van der Waals surface area contributed by atoms with E-state index in [0.29, 0.717) is 13.2 Å². The topological polar surface area (TPSA) is 59.7 Å². The van der Waals surface area contributed by atoms with Gasteiger partial charge in [-0.25, -0.2) is 0 Å². The molecule has 0 spiro atoms. The Kier molecular flexibility index (Phi) is 2.54. The highest BCUT2D eigenvalue weighted by molar-refractivity contribution is 5.68. The van der Waals surface area contributed by atoms with Crippen molar-refractivity contribution in [2.75, 3.05) is 13.2 Å². The lowest BCUT2D eigenvalue weighted by atomic mass is 9.61. The number of hydrogen-bond acceptors (Lipinski definition) is 3. The van der Waals surface area contributed by atoms with Crippen molar-refractivity contribution in [2.24, 2.45) is 5.41 Å². The van der Waals surface area contributed by atoms with Crippen molar-refractivity contribution in [1.82, 2.24) is 0 Å². The first-order valence-electron chi connectivity index (χ1n) is 5.31. The quantitative estimate of drug-likeness (QED) is 0.850. The number of hydrogen-bond donors (Lipinski definition) is 1. The third-order valence-corrected chi connectivity index (χ3v) is 3.58. The van der Waals surface area contributed by atoms with Crippen molar-refractivity contribution in [2.45, 2.75) is 25.7 Å². The zero-order valence-corrected chi connectivity index (χ0v) is 9.53. The second kappa shape index (κ2) is 3.63. The van der Waals surface area contributed by atoms with E-state index in [2.05, 4.69) is 0 Å². The Morgan fingerprint density at radius 2 is 2.25 bits per heavy atom. The highest BCUT2D eigenvalue weighted by atomic mass is 16.5. The van der Waals surface area contributed by atoms with Crippen LogP contribution in [0, 0.1) is 5.41 Å². The smallest absolute Gasteiger partial charge is 0.303 e. The van der Waals surface area contributed by atoms with E-state index >= 15 is 0 Å². The molecule has 88 valence electrons. The summed E-state index contributed by atoms with van der Waals surface area (Å²) in [4.78, 5) is 10.9. The largest absolute Gasteiger partial charge is 0.481 e. The van der Waals surface area contributed by atoms with Gasteiger partial charge in [0.1, 0.15) is 5.76 Å². The molecule has 4 heteroatoms. The standard InChI is InChI=1S/C12H16O4/c1-11(2,6-10(13)14)12(7-15-8-12)9-4-3-5-16-9/h3-5H,6-8H2,1-2H3,(H,13,14). The summed E-state index contributed by atoms with van der Waals surface area (Å²) in [6.07, 6.45) is 1.73. The average molecular weight is 224 g/mol. The summed E-state index contributed by atoms with van der Waals surface area (Å²) in [7, 11) is 0. The van der Waals surface area contributed by atoms with Gasteiger partial charge in [0.15, 0.2) is 0 Å². The monoisotopic (exact) mass is 224 g/mol. The van der Waals surface area contributed by atoms with Gasteiger partial charge in [0.2, 0.25) is 0 Å². The first-order valence-corrected chi connectivity index (χ1v) is 5.31. The highest BCUT2D eigenvalue weighted by Gasteiger charge is 2.54. The lowest BCUT2D eigenvalue weighted by Gasteiger charge is -2.50. The van der Waals surface area contributed by atoms with Crippen LogP contribution in [-0.4, -0.2) is 24.3 Å². The normalized spacial score (nSPS) is 19.1. The molecule has 0 radical (unpaired) electrons. The molecule has 0 aromatic carbocycles. The predicted octanol–water partition coefficient (Wildman–Crippen LogP) is 2.05. The molecular weight excluding hydrogens is 208 g/mol. The summed E-state index contributed by atoms with van der Waals surface area (Å²) in [5.74, 6) is 0.0350. The van der Waals surface area contributed by atoms with Crippen LogP contribution in [0.5, 0.6) is 0 Å². The first kappa shape index (κ1) is 11.2. The highest BCUT2D eigenvalue weighted by Crippen LogP contribution is 2.49. The Balaban J connectivity index is 2.31. The molecule has 1 saturated heterocycles. The zero-order valence-electron chi connectivity index (χ0n) is 9.53. The van der Waals surface area contributed by atoms with Gasteiger partial charge in [-0.1, -0.05) is 13.8 Å². The molecule has 2 heterocycles. The fourth-order valence-electron chi connectivity index (χ4n) is 2.27. The second-order valence-corrected chi connectivity index (χ2v) is 5.01. The van der Waals surface area contributed by atoms with Crippen molar-refractivity contribution in [3.05, 3.63) is 24.2 Å². The molecule has 2 rings (SSSR count). The van der Waals surface area contributed by atoms with E-state index < -0.39 is 5.97 Å². The third-order valence-electron chi connectivity index (χ3n) is 3.58. The lowest BCUT2D eigenvalue weighted by molar-refractivity contribution is -0.154. The lowest BCUT2D eigenvalue weighted by Crippen LogP contribution is -2.57. The van der Waals surface area contributed by atoms with E-state index in [0.717, 1.165) is 5.76 Å².